The Morgan fingerprint density at radius 1 is 1.26 bits per heavy atom. The van der Waals surface area contributed by atoms with E-state index in [4.69, 9.17) is 0 Å². The molecular formula is C19H21N5O2S. The summed E-state index contributed by atoms with van der Waals surface area (Å²) in [5.41, 5.74) is 0.824. The smallest absolute Gasteiger partial charge is 0.242 e. The van der Waals surface area contributed by atoms with Crippen molar-refractivity contribution in [3.05, 3.63) is 52.6 Å². The quantitative estimate of drug-likeness (QED) is 0.633. The Morgan fingerprint density at radius 3 is 3.04 bits per heavy atom. The van der Waals surface area contributed by atoms with E-state index in [1.54, 1.807) is 16.2 Å². The molecule has 0 aromatic carbocycles. The SMILES string of the molecule is O=C(NCCCc1nnc2ccccn12)C1CCC(=O)N1Cc1cccs1. The average molecular weight is 383 g/mol. The molecule has 0 radical (unpaired) electrons. The summed E-state index contributed by atoms with van der Waals surface area (Å²) in [4.78, 5) is 27.5. The van der Waals surface area contributed by atoms with Gasteiger partial charge in [-0.1, -0.05) is 12.1 Å². The largest absolute Gasteiger partial charge is 0.354 e. The minimum Gasteiger partial charge on any atom is -0.354 e. The van der Waals surface area contributed by atoms with Gasteiger partial charge in [-0.05, 0) is 36.4 Å². The van der Waals surface area contributed by atoms with Gasteiger partial charge < -0.3 is 10.2 Å². The van der Waals surface area contributed by atoms with E-state index in [0.717, 1.165) is 29.2 Å². The van der Waals surface area contributed by atoms with Crippen molar-refractivity contribution >= 4 is 28.8 Å². The van der Waals surface area contributed by atoms with Crippen LogP contribution in [0.3, 0.4) is 0 Å². The molecule has 0 bridgehead atoms. The van der Waals surface area contributed by atoms with E-state index < -0.39 is 0 Å². The molecule has 1 aliphatic heterocycles. The van der Waals surface area contributed by atoms with Gasteiger partial charge >= 0.3 is 0 Å². The fourth-order valence-electron chi connectivity index (χ4n) is 3.41. The van der Waals surface area contributed by atoms with Gasteiger partial charge in [0.15, 0.2) is 5.65 Å². The third-order valence-electron chi connectivity index (χ3n) is 4.80. The summed E-state index contributed by atoms with van der Waals surface area (Å²) in [5.74, 6) is 0.872. The maximum atomic E-state index is 12.6. The highest BCUT2D eigenvalue weighted by Gasteiger charge is 2.35. The molecule has 7 nitrogen and oxygen atoms in total. The second-order valence-corrected chi connectivity index (χ2v) is 7.63. The van der Waals surface area contributed by atoms with Crippen LogP contribution in [0.5, 0.6) is 0 Å². The second-order valence-electron chi connectivity index (χ2n) is 6.60. The van der Waals surface area contributed by atoms with E-state index in [0.29, 0.717) is 25.9 Å². The molecule has 27 heavy (non-hydrogen) atoms. The van der Waals surface area contributed by atoms with E-state index in [2.05, 4.69) is 15.5 Å². The van der Waals surface area contributed by atoms with E-state index >= 15 is 0 Å². The number of aromatic nitrogens is 3. The predicted molar refractivity (Wildman–Crippen MR) is 102 cm³/mol. The first-order valence-corrected chi connectivity index (χ1v) is 9.98. The maximum Gasteiger partial charge on any atom is 0.242 e. The van der Waals surface area contributed by atoms with Crippen LogP contribution in [0, 0.1) is 0 Å². The van der Waals surface area contributed by atoms with Crippen LogP contribution in [0.4, 0.5) is 0 Å². The Labute approximate surface area is 161 Å². The highest BCUT2D eigenvalue weighted by molar-refractivity contribution is 7.09. The standard InChI is InChI=1S/C19H21N5O2S/c25-18-9-8-15(24(18)13-14-5-4-12-27-14)19(26)20-10-3-7-17-22-21-16-6-1-2-11-23(16)17/h1-2,4-6,11-12,15H,3,7-10,13H2,(H,20,26). The van der Waals surface area contributed by atoms with Gasteiger partial charge in [0.2, 0.25) is 11.8 Å². The number of rotatable bonds is 7. The summed E-state index contributed by atoms with van der Waals surface area (Å²) in [7, 11) is 0. The van der Waals surface area contributed by atoms with Crippen molar-refractivity contribution < 1.29 is 9.59 Å². The number of nitrogens with zero attached hydrogens (tertiary/aromatic N) is 4. The number of amides is 2. The first-order chi connectivity index (χ1) is 13.2. The highest BCUT2D eigenvalue weighted by Crippen LogP contribution is 2.23. The molecule has 0 saturated carbocycles. The average Bonchev–Trinajstić information content (AvgIpc) is 3.41. The number of thiophene rings is 1. The van der Waals surface area contributed by atoms with Crippen molar-refractivity contribution in [2.24, 2.45) is 0 Å². The zero-order valence-corrected chi connectivity index (χ0v) is 15.7. The first kappa shape index (κ1) is 17.7. The van der Waals surface area contributed by atoms with E-state index in [1.807, 2.05) is 46.3 Å². The molecule has 1 N–H and O–H groups in total. The summed E-state index contributed by atoms with van der Waals surface area (Å²) in [6, 6.07) is 9.38. The Balaban J connectivity index is 1.29. The third-order valence-corrected chi connectivity index (χ3v) is 5.66. The Hall–Kier alpha value is -2.74. The lowest BCUT2D eigenvalue weighted by Gasteiger charge is -2.23. The number of fused-ring (bicyclic) bond motifs is 1. The summed E-state index contributed by atoms with van der Waals surface area (Å²) < 4.78 is 1.96. The van der Waals surface area contributed by atoms with Crippen molar-refractivity contribution in [1.82, 2.24) is 24.8 Å². The van der Waals surface area contributed by atoms with Gasteiger partial charge in [-0.15, -0.1) is 21.5 Å². The summed E-state index contributed by atoms with van der Waals surface area (Å²) in [6.07, 6.45) is 4.47. The molecule has 1 saturated heterocycles. The Kier molecular flexibility index (Phi) is 5.15. The van der Waals surface area contributed by atoms with Crippen LogP contribution in [-0.4, -0.2) is 43.9 Å². The van der Waals surface area contributed by atoms with Crippen LogP contribution in [-0.2, 0) is 22.6 Å². The number of hydrogen-bond donors (Lipinski definition) is 1. The molecule has 3 aromatic heterocycles. The number of likely N-dealkylation sites (tertiary alicyclic amines) is 1. The van der Waals surface area contributed by atoms with Crippen molar-refractivity contribution in [3.63, 3.8) is 0 Å². The number of carbonyl (C=O) groups excluding carboxylic acids is 2. The number of hydrogen-bond acceptors (Lipinski definition) is 5. The van der Waals surface area contributed by atoms with Gasteiger partial charge in [0.05, 0.1) is 6.54 Å². The predicted octanol–water partition coefficient (Wildman–Crippen LogP) is 2.03. The Bertz CT molecular complexity index is 937. The lowest BCUT2D eigenvalue weighted by atomic mass is 10.2. The van der Waals surface area contributed by atoms with Crippen LogP contribution in [0.25, 0.3) is 5.65 Å². The first-order valence-electron chi connectivity index (χ1n) is 9.10. The molecule has 140 valence electrons. The van der Waals surface area contributed by atoms with E-state index in [-0.39, 0.29) is 17.9 Å². The van der Waals surface area contributed by atoms with Crippen LogP contribution >= 0.6 is 11.3 Å². The highest BCUT2D eigenvalue weighted by atomic mass is 32.1. The van der Waals surface area contributed by atoms with Crippen LogP contribution in [0.15, 0.2) is 41.9 Å². The molecule has 8 heteroatoms. The van der Waals surface area contributed by atoms with Crippen LogP contribution in [0.1, 0.15) is 30.0 Å². The van der Waals surface area contributed by atoms with Crippen molar-refractivity contribution in [2.45, 2.75) is 38.3 Å². The minimum absolute atomic E-state index is 0.0541. The zero-order valence-electron chi connectivity index (χ0n) is 14.9. The molecule has 1 aliphatic rings. The number of nitrogens with one attached hydrogen (secondary N) is 1. The van der Waals surface area contributed by atoms with Gasteiger partial charge in [-0.3, -0.25) is 14.0 Å². The molecule has 0 spiro atoms. The van der Waals surface area contributed by atoms with E-state index in [1.165, 1.54) is 0 Å². The molecule has 1 fully saturated rings. The van der Waals surface area contributed by atoms with E-state index in [9.17, 15) is 9.59 Å². The molecule has 3 aromatic rings. The number of aryl methyl sites for hydroxylation is 1. The third kappa shape index (κ3) is 3.85. The molecule has 4 heterocycles. The maximum absolute atomic E-state index is 12.6. The van der Waals surface area contributed by atoms with Gasteiger partial charge in [-0.2, -0.15) is 0 Å². The Morgan fingerprint density at radius 2 is 2.19 bits per heavy atom. The fraction of sp³-hybridized carbons (Fsp3) is 0.368. The zero-order chi connectivity index (χ0) is 18.6. The van der Waals surface area contributed by atoms with Crippen molar-refractivity contribution in [1.29, 1.82) is 0 Å². The van der Waals surface area contributed by atoms with Gasteiger partial charge in [0, 0.05) is 30.5 Å². The van der Waals surface area contributed by atoms with Crippen LogP contribution < -0.4 is 5.32 Å². The number of pyridine rings is 1. The molecule has 1 atom stereocenters. The van der Waals surface area contributed by atoms with Gasteiger partial charge in [-0.25, -0.2) is 0 Å². The summed E-state index contributed by atoms with van der Waals surface area (Å²) in [6.45, 7) is 1.07. The van der Waals surface area contributed by atoms with Gasteiger partial charge in [0.25, 0.3) is 0 Å². The lowest BCUT2D eigenvalue weighted by molar-refractivity contribution is -0.135. The molecular weight excluding hydrogens is 362 g/mol. The monoisotopic (exact) mass is 383 g/mol. The second kappa shape index (κ2) is 7.87. The van der Waals surface area contributed by atoms with Crippen LogP contribution in [0.2, 0.25) is 0 Å². The summed E-state index contributed by atoms with van der Waals surface area (Å²) in [5, 5.41) is 13.3. The topological polar surface area (TPSA) is 79.6 Å². The normalized spacial score (nSPS) is 17.0. The summed E-state index contributed by atoms with van der Waals surface area (Å²) >= 11 is 1.61. The molecule has 0 aliphatic carbocycles. The number of carbonyl (C=O) groups is 2. The lowest BCUT2D eigenvalue weighted by Crippen LogP contribution is -2.44. The van der Waals surface area contributed by atoms with Crippen molar-refractivity contribution in [2.75, 3.05) is 6.54 Å². The molecule has 1 unspecified atom stereocenters. The van der Waals surface area contributed by atoms with Crippen molar-refractivity contribution in [3.8, 4) is 0 Å². The minimum atomic E-state index is -0.367. The van der Waals surface area contributed by atoms with Gasteiger partial charge in [0.1, 0.15) is 11.9 Å². The molecule has 2 amide bonds. The fourth-order valence-corrected chi connectivity index (χ4v) is 4.11. The molecule has 4 rings (SSSR count).